The van der Waals surface area contributed by atoms with Crippen LogP contribution in [0.25, 0.3) is 0 Å². The highest BCUT2D eigenvalue weighted by Gasteiger charge is 2.51. The molecule has 1 spiro atoms. The van der Waals surface area contributed by atoms with E-state index in [-0.39, 0.29) is 30.2 Å². The lowest BCUT2D eigenvalue weighted by Gasteiger charge is -2.36. The number of aliphatic hydroxyl groups is 2. The molecule has 0 aromatic heterocycles. The summed E-state index contributed by atoms with van der Waals surface area (Å²) in [6, 6.07) is 8.13. The number of nitrogens with one attached hydrogen (secondary N) is 2. The third kappa shape index (κ3) is 7.62. The molecule has 8 bridgehead atoms. The standard InChI is InChI=1S/C46H52N4O5S2/c1-2-3-4-7-31(51)21-32(52)10-8-28-9-15-41-43-37(28)27-57-56-26-30-23-49-44(47)34-12-11-33-35(42(30)34)20-29-22-48-39-25-50(24-36(29)39)45(55-43)38(13-14-40(33)53)46(18-19-54-41)16-5-6-17-46/h9,11-12,15,22,24,30-31,38,40,44-45,49,51,53H,2-8,10,16-17,20-21,23,25-27,47H2,1H3/p+1. The number of ether oxygens (including phenoxy) is 2. The number of rotatable bonds is 9. The van der Waals surface area contributed by atoms with Crippen molar-refractivity contribution in [1.29, 1.82) is 0 Å². The van der Waals surface area contributed by atoms with Gasteiger partial charge in [0.2, 0.25) is 0 Å². The molecule has 7 unspecified atom stereocenters. The van der Waals surface area contributed by atoms with Crippen molar-refractivity contribution in [2.45, 2.75) is 120 Å². The van der Waals surface area contributed by atoms with Crippen LogP contribution in [0.5, 0.6) is 11.5 Å². The Morgan fingerprint density at radius 2 is 2.00 bits per heavy atom. The number of benzene rings is 2. The number of aliphatic imine (C=N–C) groups is 1. The van der Waals surface area contributed by atoms with Crippen LogP contribution in [0, 0.1) is 35.2 Å². The number of aryl methyl sites for hydroxylation is 1. The molecule has 1 aliphatic carbocycles. The van der Waals surface area contributed by atoms with Crippen molar-refractivity contribution in [3.05, 3.63) is 81.2 Å². The summed E-state index contributed by atoms with van der Waals surface area (Å²) in [6.45, 7) is 3.51. The molecule has 0 amide bonds. The topological polar surface area (TPSA) is 131 Å². The molecule has 10 rings (SSSR count). The Morgan fingerprint density at radius 3 is 2.86 bits per heavy atom. The first kappa shape index (κ1) is 39.0. The number of carbonyl (C=O) groups excluding carboxylic acids is 1. The van der Waals surface area contributed by atoms with Crippen LogP contribution < -0.4 is 25.4 Å². The zero-order chi connectivity index (χ0) is 39.1. The number of aliphatic hydroxyl groups excluding tert-OH is 2. The van der Waals surface area contributed by atoms with Gasteiger partial charge in [0.05, 0.1) is 23.3 Å². The molecule has 0 saturated heterocycles. The zero-order valence-electron chi connectivity index (χ0n) is 32.7. The molecule has 1 saturated carbocycles. The number of nitrogens with two attached hydrogens (primary N) is 1. The van der Waals surface area contributed by atoms with E-state index >= 15 is 0 Å². The second-order valence-corrected chi connectivity index (χ2v) is 19.3. The Bertz CT molecular complexity index is 2150. The van der Waals surface area contributed by atoms with Crippen molar-refractivity contribution >= 4 is 33.1 Å². The van der Waals surface area contributed by atoms with Gasteiger partial charge in [0.15, 0.2) is 11.5 Å². The summed E-state index contributed by atoms with van der Waals surface area (Å²) in [6.07, 6.45) is 14.2. The summed E-state index contributed by atoms with van der Waals surface area (Å²) in [5.41, 5.74) is 15.8. The molecule has 0 radical (unpaired) electrons. The first-order valence-electron chi connectivity index (χ1n) is 20.9. The van der Waals surface area contributed by atoms with Crippen LogP contribution in [0.15, 0.2) is 52.8 Å². The summed E-state index contributed by atoms with van der Waals surface area (Å²) in [5, 5.41) is 26.3. The molecule has 7 heterocycles. The third-order valence-corrected chi connectivity index (χ3v) is 15.5. The van der Waals surface area contributed by atoms with Gasteiger partial charge >= 0.3 is 0 Å². The van der Waals surface area contributed by atoms with Crippen LogP contribution in [0.2, 0.25) is 0 Å². The first-order chi connectivity index (χ1) is 27.8. The van der Waals surface area contributed by atoms with Crippen LogP contribution in [0.1, 0.15) is 123 Å². The second kappa shape index (κ2) is 16.6. The van der Waals surface area contributed by atoms with Gasteiger partial charge in [-0.15, -0.1) is 0 Å². The minimum absolute atomic E-state index is 0.0681. The number of nitrogens with zero attached hydrogens (tertiary/aromatic N) is 1. The number of fused-ring (bicyclic) bond motifs is 4. The molecule has 1 fully saturated rings. The number of Topliss-reactive ketones (excluding diaryl/α,β-unsaturated/α-hetero) is 1. The van der Waals surface area contributed by atoms with E-state index in [9.17, 15) is 15.0 Å². The fourth-order valence-corrected chi connectivity index (χ4v) is 12.5. The lowest BCUT2D eigenvalue weighted by Crippen LogP contribution is -3.13. The molecular weight excluding hydrogens is 753 g/mol. The maximum atomic E-state index is 13.3. The second-order valence-electron chi connectivity index (χ2n) is 16.8. The Kier molecular flexibility index (Phi) is 11.4. The van der Waals surface area contributed by atoms with Gasteiger partial charge < -0.3 is 25.4 Å². The van der Waals surface area contributed by atoms with Gasteiger partial charge in [-0.1, -0.05) is 96.6 Å². The predicted octanol–water partition coefficient (Wildman–Crippen LogP) is 5.71. The summed E-state index contributed by atoms with van der Waals surface area (Å²) >= 11 is 0. The van der Waals surface area contributed by atoms with Gasteiger partial charge in [-0.25, -0.2) is 0 Å². The van der Waals surface area contributed by atoms with Crippen molar-refractivity contribution < 1.29 is 29.4 Å². The van der Waals surface area contributed by atoms with Crippen molar-refractivity contribution in [2.75, 3.05) is 18.8 Å². The van der Waals surface area contributed by atoms with E-state index in [0.717, 1.165) is 107 Å². The van der Waals surface area contributed by atoms with Crippen molar-refractivity contribution in [3.8, 4) is 35.4 Å². The molecule has 9 nitrogen and oxygen atoms in total. The van der Waals surface area contributed by atoms with Crippen LogP contribution in [-0.2, 0) is 23.4 Å². The highest BCUT2D eigenvalue weighted by atomic mass is 33.1. The Morgan fingerprint density at radius 1 is 1.14 bits per heavy atom. The van der Waals surface area contributed by atoms with E-state index in [1.165, 1.54) is 5.56 Å². The number of hydrogen-bond donors (Lipinski definition) is 5. The van der Waals surface area contributed by atoms with Crippen molar-refractivity contribution in [1.82, 2.24) is 5.32 Å². The van der Waals surface area contributed by atoms with Gasteiger partial charge in [0.25, 0.3) is 6.23 Å². The smallest absolute Gasteiger partial charge is 0.252 e. The molecular formula is C46H53N4O5S2+. The van der Waals surface area contributed by atoms with E-state index in [4.69, 9.17) is 20.2 Å². The van der Waals surface area contributed by atoms with Crippen molar-refractivity contribution in [2.24, 2.45) is 22.1 Å². The number of hydrogen-bond acceptors (Lipinski definition) is 10. The quantitative estimate of drug-likeness (QED) is 0.123. The SMILES string of the molecule is CCCCCC(O)CC(=O)CCc1ccc2c3c1CSSCC1CNC(N)c4ccc5c(c41)CC1=CN=C4C[NH+](C=C14)C(O3)C(C#CC5O)C1(C#CO2)CCCC1. The highest BCUT2D eigenvalue weighted by molar-refractivity contribution is 8.76. The lowest BCUT2D eigenvalue weighted by atomic mass is 9.73. The van der Waals surface area contributed by atoms with Gasteiger partial charge in [0.1, 0.15) is 42.4 Å². The Labute approximate surface area is 344 Å². The molecule has 6 N–H and O–H groups in total. The molecule has 7 aliphatic heterocycles. The molecule has 11 heteroatoms. The minimum atomic E-state index is -1.02. The molecule has 298 valence electrons. The molecule has 57 heavy (non-hydrogen) atoms. The summed E-state index contributed by atoms with van der Waals surface area (Å²) in [4.78, 5) is 19.4. The van der Waals surface area contributed by atoms with Crippen LogP contribution >= 0.6 is 21.6 Å². The first-order valence-corrected chi connectivity index (χ1v) is 23.4. The van der Waals surface area contributed by atoms with Gasteiger partial charge in [-0.05, 0) is 65.1 Å². The van der Waals surface area contributed by atoms with E-state index in [0.29, 0.717) is 49.5 Å². The van der Waals surface area contributed by atoms with Crippen LogP contribution in [0.4, 0.5) is 0 Å². The average Bonchev–Trinajstić information content (AvgIpc) is 3.95. The predicted molar refractivity (Wildman–Crippen MR) is 225 cm³/mol. The summed E-state index contributed by atoms with van der Waals surface area (Å²) in [5.74, 6) is 13.2. The number of allylic oxidation sites excluding steroid dienone is 1. The fourth-order valence-electron chi connectivity index (χ4n) is 10.1. The normalized spacial score (nSPS) is 28.0. The summed E-state index contributed by atoms with van der Waals surface area (Å²) < 4.78 is 13.8. The maximum Gasteiger partial charge on any atom is 0.252 e. The third-order valence-electron chi connectivity index (χ3n) is 13.1. The average molecular weight is 806 g/mol. The molecule has 2 aromatic rings. The molecule has 8 aliphatic rings. The van der Waals surface area contributed by atoms with E-state index in [1.807, 2.05) is 29.1 Å². The Hall–Kier alpha value is -3.52. The van der Waals surface area contributed by atoms with Gasteiger partial charge in [0, 0.05) is 55.0 Å². The van der Waals surface area contributed by atoms with Crippen LogP contribution in [-0.4, -0.2) is 52.9 Å². The fraction of sp³-hybridized carbons (Fsp3) is 0.522. The van der Waals surface area contributed by atoms with Crippen LogP contribution in [0.3, 0.4) is 0 Å². The molecule has 7 atom stereocenters. The minimum Gasteiger partial charge on any atom is -0.437 e. The number of unbranched alkanes of at least 4 members (excludes halogenated alkanes) is 2. The number of quaternary nitrogens is 1. The van der Waals surface area contributed by atoms with Gasteiger partial charge in [-0.3, -0.25) is 20.0 Å². The number of carbonyl (C=O) groups is 1. The highest BCUT2D eigenvalue weighted by Crippen LogP contribution is 2.49. The number of ketones is 1. The summed E-state index contributed by atoms with van der Waals surface area (Å²) in [7, 11) is 3.60. The Balaban J connectivity index is 1.19. The van der Waals surface area contributed by atoms with Gasteiger partial charge in [-0.2, -0.15) is 0 Å². The zero-order valence-corrected chi connectivity index (χ0v) is 34.3. The van der Waals surface area contributed by atoms with E-state index in [2.05, 4.69) is 54.4 Å². The van der Waals surface area contributed by atoms with E-state index < -0.39 is 23.9 Å². The van der Waals surface area contributed by atoms with Crippen molar-refractivity contribution in [3.63, 3.8) is 0 Å². The monoisotopic (exact) mass is 805 g/mol. The lowest BCUT2D eigenvalue weighted by molar-refractivity contribution is -0.888. The largest absolute Gasteiger partial charge is 0.437 e. The molecule has 2 aromatic carbocycles. The maximum absolute atomic E-state index is 13.3. The van der Waals surface area contributed by atoms with E-state index in [1.54, 1.807) is 10.8 Å².